The molecule has 0 amide bonds. The standard InChI is InChI=1S/C20H24O6/c21-17-16(13-24-11-14-7-3-1-4-8-14)26-20(23)18(22)19(17)25-12-15-9-5-2-6-10-15/h1-10,16-23H,11-13H2/t16-,17+,18+,19+,20-/m1/s1. The highest BCUT2D eigenvalue weighted by Crippen LogP contribution is 2.24. The van der Waals surface area contributed by atoms with E-state index >= 15 is 0 Å². The SMILES string of the molecule is O[C@@H]1[C@H](OCc2ccccc2)[C@H](O)[C@H](O)O[C@@H]1COCc1ccccc1. The Balaban J connectivity index is 1.55. The van der Waals surface area contributed by atoms with Gasteiger partial charge in [0.15, 0.2) is 6.29 Å². The minimum absolute atomic E-state index is 0.0744. The molecule has 3 rings (SSSR count). The van der Waals surface area contributed by atoms with Gasteiger partial charge in [0, 0.05) is 0 Å². The van der Waals surface area contributed by atoms with Crippen molar-refractivity contribution >= 4 is 0 Å². The van der Waals surface area contributed by atoms with Crippen molar-refractivity contribution in [2.45, 2.75) is 43.9 Å². The summed E-state index contributed by atoms with van der Waals surface area (Å²) >= 11 is 0. The van der Waals surface area contributed by atoms with E-state index in [1.807, 2.05) is 60.7 Å². The maximum absolute atomic E-state index is 10.5. The highest BCUT2D eigenvalue weighted by molar-refractivity contribution is 5.14. The summed E-state index contributed by atoms with van der Waals surface area (Å²) in [5.74, 6) is 0. The van der Waals surface area contributed by atoms with Crippen LogP contribution in [0, 0.1) is 0 Å². The third kappa shape index (κ3) is 4.88. The molecule has 26 heavy (non-hydrogen) atoms. The van der Waals surface area contributed by atoms with Gasteiger partial charge in [0.1, 0.15) is 24.4 Å². The second-order valence-corrected chi connectivity index (χ2v) is 6.31. The van der Waals surface area contributed by atoms with Crippen LogP contribution in [-0.4, -0.2) is 52.6 Å². The summed E-state index contributed by atoms with van der Waals surface area (Å²) in [5, 5.41) is 30.5. The lowest BCUT2D eigenvalue weighted by Crippen LogP contribution is -2.59. The highest BCUT2D eigenvalue weighted by atomic mass is 16.7. The number of hydrogen-bond donors (Lipinski definition) is 3. The molecule has 0 unspecified atom stereocenters. The number of rotatable bonds is 7. The van der Waals surface area contributed by atoms with E-state index in [0.29, 0.717) is 6.61 Å². The van der Waals surface area contributed by atoms with Crippen LogP contribution in [0.1, 0.15) is 11.1 Å². The monoisotopic (exact) mass is 360 g/mol. The average molecular weight is 360 g/mol. The molecule has 3 N–H and O–H groups in total. The molecule has 0 saturated carbocycles. The van der Waals surface area contributed by atoms with Gasteiger partial charge in [-0.05, 0) is 11.1 Å². The van der Waals surface area contributed by atoms with E-state index in [4.69, 9.17) is 14.2 Å². The van der Waals surface area contributed by atoms with Crippen molar-refractivity contribution in [2.75, 3.05) is 6.61 Å². The molecule has 0 spiro atoms. The van der Waals surface area contributed by atoms with Gasteiger partial charge in [-0.3, -0.25) is 0 Å². The largest absolute Gasteiger partial charge is 0.387 e. The predicted octanol–water partition coefficient (Wildman–Crippen LogP) is 1.23. The number of aliphatic hydroxyl groups excluding tert-OH is 3. The topological polar surface area (TPSA) is 88.4 Å². The molecule has 2 aromatic carbocycles. The summed E-state index contributed by atoms with van der Waals surface area (Å²) in [6.45, 7) is 0.649. The second-order valence-electron chi connectivity index (χ2n) is 6.31. The maximum Gasteiger partial charge on any atom is 0.184 e. The van der Waals surface area contributed by atoms with Gasteiger partial charge in [0.05, 0.1) is 19.8 Å². The normalized spacial score (nSPS) is 28.8. The minimum atomic E-state index is -1.44. The number of benzene rings is 2. The maximum atomic E-state index is 10.5. The Morgan fingerprint density at radius 3 is 1.96 bits per heavy atom. The molecule has 2 aromatic rings. The van der Waals surface area contributed by atoms with Crippen molar-refractivity contribution in [3.8, 4) is 0 Å². The average Bonchev–Trinajstić information content (AvgIpc) is 2.67. The summed E-state index contributed by atoms with van der Waals surface area (Å²) in [7, 11) is 0. The number of aliphatic hydroxyl groups is 3. The molecule has 1 saturated heterocycles. The fourth-order valence-electron chi connectivity index (χ4n) is 2.88. The zero-order valence-corrected chi connectivity index (χ0v) is 14.3. The van der Waals surface area contributed by atoms with Crippen LogP contribution in [0.2, 0.25) is 0 Å². The fourth-order valence-corrected chi connectivity index (χ4v) is 2.88. The molecular weight excluding hydrogens is 336 g/mol. The fraction of sp³-hybridized carbons (Fsp3) is 0.400. The van der Waals surface area contributed by atoms with Gasteiger partial charge >= 0.3 is 0 Å². The summed E-state index contributed by atoms with van der Waals surface area (Å²) in [4.78, 5) is 0. The van der Waals surface area contributed by atoms with Gasteiger partial charge in [-0.15, -0.1) is 0 Å². The molecule has 0 radical (unpaired) electrons. The summed E-state index contributed by atoms with van der Waals surface area (Å²) in [6, 6.07) is 19.0. The first kappa shape index (κ1) is 19.0. The molecule has 1 aliphatic heterocycles. The van der Waals surface area contributed by atoms with E-state index < -0.39 is 30.7 Å². The third-order valence-corrected chi connectivity index (χ3v) is 4.34. The van der Waals surface area contributed by atoms with E-state index in [0.717, 1.165) is 11.1 Å². The first-order valence-electron chi connectivity index (χ1n) is 8.62. The van der Waals surface area contributed by atoms with Crippen molar-refractivity contribution < 1.29 is 29.5 Å². The van der Waals surface area contributed by atoms with Gasteiger partial charge in [0.25, 0.3) is 0 Å². The Morgan fingerprint density at radius 2 is 1.35 bits per heavy atom. The van der Waals surface area contributed by atoms with Crippen molar-refractivity contribution in [2.24, 2.45) is 0 Å². The highest BCUT2D eigenvalue weighted by Gasteiger charge is 2.44. The van der Waals surface area contributed by atoms with Gasteiger partial charge < -0.3 is 29.5 Å². The van der Waals surface area contributed by atoms with Crippen LogP contribution in [0.3, 0.4) is 0 Å². The quantitative estimate of drug-likeness (QED) is 0.688. The predicted molar refractivity (Wildman–Crippen MR) is 94.0 cm³/mol. The molecular formula is C20H24O6. The first-order valence-corrected chi connectivity index (χ1v) is 8.62. The molecule has 1 aliphatic rings. The Morgan fingerprint density at radius 1 is 0.769 bits per heavy atom. The van der Waals surface area contributed by atoms with E-state index in [1.165, 1.54) is 0 Å². The van der Waals surface area contributed by atoms with Crippen LogP contribution < -0.4 is 0 Å². The van der Waals surface area contributed by atoms with Crippen LogP contribution in [-0.2, 0) is 27.4 Å². The molecule has 140 valence electrons. The zero-order chi connectivity index (χ0) is 18.4. The smallest absolute Gasteiger partial charge is 0.184 e. The van der Waals surface area contributed by atoms with Crippen LogP contribution >= 0.6 is 0 Å². The Labute approximate surface area is 152 Å². The lowest BCUT2D eigenvalue weighted by atomic mass is 9.99. The molecule has 0 aromatic heterocycles. The molecule has 1 fully saturated rings. The number of ether oxygens (including phenoxy) is 3. The van der Waals surface area contributed by atoms with Crippen LogP contribution in [0.4, 0.5) is 0 Å². The van der Waals surface area contributed by atoms with Gasteiger partial charge in [-0.1, -0.05) is 60.7 Å². The van der Waals surface area contributed by atoms with Crippen molar-refractivity contribution in [3.63, 3.8) is 0 Å². The molecule has 6 heteroatoms. The van der Waals surface area contributed by atoms with Crippen molar-refractivity contribution in [1.82, 2.24) is 0 Å². The molecule has 1 heterocycles. The number of hydrogen-bond acceptors (Lipinski definition) is 6. The van der Waals surface area contributed by atoms with E-state index in [1.54, 1.807) is 0 Å². The van der Waals surface area contributed by atoms with Crippen LogP contribution in [0.25, 0.3) is 0 Å². The summed E-state index contributed by atoms with van der Waals surface area (Å²) < 4.78 is 16.5. The zero-order valence-electron chi connectivity index (χ0n) is 14.3. The molecule has 0 aliphatic carbocycles. The van der Waals surface area contributed by atoms with E-state index in [2.05, 4.69) is 0 Å². The minimum Gasteiger partial charge on any atom is -0.387 e. The van der Waals surface area contributed by atoms with Crippen LogP contribution in [0.15, 0.2) is 60.7 Å². The lowest BCUT2D eigenvalue weighted by molar-refractivity contribution is -0.298. The van der Waals surface area contributed by atoms with Crippen LogP contribution in [0.5, 0.6) is 0 Å². The second kappa shape index (κ2) is 9.23. The Hall–Kier alpha value is -1.80. The van der Waals surface area contributed by atoms with E-state index in [9.17, 15) is 15.3 Å². The molecule has 5 atom stereocenters. The van der Waals surface area contributed by atoms with Crippen molar-refractivity contribution in [1.29, 1.82) is 0 Å². The first-order chi connectivity index (χ1) is 12.6. The van der Waals surface area contributed by atoms with Gasteiger partial charge in [0.2, 0.25) is 0 Å². The van der Waals surface area contributed by atoms with Gasteiger partial charge in [-0.2, -0.15) is 0 Å². The Kier molecular flexibility index (Phi) is 6.73. The Bertz CT molecular complexity index is 650. The lowest BCUT2D eigenvalue weighted by Gasteiger charge is -2.40. The van der Waals surface area contributed by atoms with Crippen molar-refractivity contribution in [3.05, 3.63) is 71.8 Å². The summed E-state index contributed by atoms with van der Waals surface area (Å²) in [6.07, 6.45) is -5.65. The van der Waals surface area contributed by atoms with E-state index in [-0.39, 0.29) is 13.2 Å². The third-order valence-electron chi connectivity index (χ3n) is 4.34. The van der Waals surface area contributed by atoms with Gasteiger partial charge in [-0.25, -0.2) is 0 Å². The molecule has 6 nitrogen and oxygen atoms in total. The summed E-state index contributed by atoms with van der Waals surface area (Å²) in [5.41, 5.74) is 1.90. The molecule has 0 bridgehead atoms.